The number of methoxy groups -OCH3 is 1. The Morgan fingerprint density at radius 2 is 2.04 bits per heavy atom. The third kappa shape index (κ3) is 3.74. The Morgan fingerprint density at radius 1 is 1.21 bits per heavy atom. The molecule has 0 N–H and O–H groups in total. The second-order valence-electron chi connectivity index (χ2n) is 6.96. The highest BCUT2D eigenvalue weighted by Crippen LogP contribution is 2.23. The predicted molar refractivity (Wildman–Crippen MR) is 106 cm³/mol. The van der Waals surface area contributed by atoms with Crippen LogP contribution in [0.5, 0.6) is 5.75 Å². The second kappa shape index (κ2) is 7.80. The van der Waals surface area contributed by atoms with E-state index in [2.05, 4.69) is 29.1 Å². The largest absolute Gasteiger partial charge is 0.497 e. The number of aromatic nitrogens is 2. The van der Waals surface area contributed by atoms with E-state index in [1.807, 2.05) is 35.4 Å². The highest BCUT2D eigenvalue weighted by atomic mass is 16.5. The summed E-state index contributed by atoms with van der Waals surface area (Å²) < 4.78 is 12.8. The van der Waals surface area contributed by atoms with E-state index >= 15 is 0 Å². The van der Waals surface area contributed by atoms with E-state index in [1.54, 1.807) is 24.1 Å². The van der Waals surface area contributed by atoms with Crippen molar-refractivity contribution in [3.63, 3.8) is 0 Å². The average Bonchev–Trinajstić information content (AvgIpc) is 3.40. The van der Waals surface area contributed by atoms with Gasteiger partial charge in [0.15, 0.2) is 5.76 Å². The number of rotatable bonds is 5. The third-order valence-corrected chi connectivity index (χ3v) is 5.08. The molecule has 0 aliphatic carbocycles. The highest BCUT2D eigenvalue weighted by molar-refractivity contribution is 5.92. The number of nitrogens with zero attached hydrogens (tertiary/aromatic N) is 4. The second-order valence-corrected chi connectivity index (χ2v) is 6.96. The smallest absolute Gasteiger partial charge is 0.289 e. The first kappa shape index (κ1) is 18.2. The van der Waals surface area contributed by atoms with Gasteiger partial charge in [0.2, 0.25) is 0 Å². The quantitative estimate of drug-likeness (QED) is 0.681. The van der Waals surface area contributed by atoms with Gasteiger partial charge in [-0.1, -0.05) is 0 Å². The number of furan rings is 1. The number of piperazine rings is 1. The fourth-order valence-corrected chi connectivity index (χ4v) is 3.56. The number of anilines is 1. The molecule has 1 aliphatic rings. The van der Waals surface area contributed by atoms with Gasteiger partial charge in [-0.05, 0) is 49.4 Å². The van der Waals surface area contributed by atoms with Crippen molar-refractivity contribution < 1.29 is 13.9 Å². The summed E-state index contributed by atoms with van der Waals surface area (Å²) >= 11 is 0. The lowest BCUT2D eigenvalue weighted by Gasteiger charge is -2.40. The van der Waals surface area contributed by atoms with Crippen LogP contribution in [-0.4, -0.2) is 53.4 Å². The van der Waals surface area contributed by atoms with Crippen LogP contribution in [0.3, 0.4) is 0 Å². The fraction of sp³-hybridized carbons (Fsp3) is 0.333. The molecule has 1 unspecified atom stereocenters. The van der Waals surface area contributed by atoms with Crippen molar-refractivity contribution in [2.45, 2.75) is 19.5 Å². The molecule has 0 radical (unpaired) electrons. The molecule has 1 atom stereocenters. The van der Waals surface area contributed by atoms with Gasteiger partial charge in [0, 0.05) is 43.8 Å². The van der Waals surface area contributed by atoms with Crippen LogP contribution in [0.25, 0.3) is 0 Å². The monoisotopic (exact) mass is 380 g/mol. The van der Waals surface area contributed by atoms with Gasteiger partial charge >= 0.3 is 0 Å². The number of amides is 1. The molecule has 28 heavy (non-hydrogen) atoms. The summed E-state index contributed by atoms with van der Waals surface area (Å²) in [6.45, 7) is 4.80. The maximum atomic E-state index is 12.9. The van der Waals surface area contributed by atoms with E-state index in [-0.39, 0.29) is 11.9 Å². The number of carbonyl (C=O) groups is 1. The first-order valence-corrected chi connectivity index (χ1v) is 9.40. The minimum absolute atomic E-state index is 0.0615. The molecule has 0 saturated carbocycles. The summed E-state index contributed by atoms with van der Waals surface area (Å²) in [5.74, 6) is 1.88. The third-order valence-electron chi connectivity index (χ3n) is 5.08. The lowest BCUT2D eigenvalue weighted by atomic mass is 10.1. The number of hydrogen-bond acceptors (Lipinski definition) is 5. The van der Waals surface area contributed by atoms with Crippen LogP contribution in [0.15, 0.2) is 59.3 Å². The summed E-state index contributed by atoms with van der Waals surface area (Å²) in [4.78, 5) is 17.1. The van der Waals surface area contributed by atoms with Crippen LogP contribution in [0.1, 0.15) is 23.2 Å². The SMILES string of the molecule is COc1ccc(N2CCN(C(=O)c3ccc(Cn4cccn4)o3)C(C)C2)cc1. The molecular weight excluding hydrogens is 356 g/mol. The Kier molecular flexibility index (Phi) is 5.06. The van der Waals surface area contributed by atoms with Crippen LogP contribution in [0, 0.1) is 0 Å². The molecule has 1 aromatic carbocycles. The molecule has 3 heterocycles. The fourth-order valence-electron chi connectivity index (χ4n) is 3.56. The number of carbonyl (C=O) groups excluding carboxylic acids is 1. The van der Waals surface area contributed by atoms with E-state index in [1.165, 1.54) is 0 Å². The van der Waals surface area contributed by atoms with Gasteiger partial charge in [0.05, 0.1) is 13.7 Å². The maximum Gasteiger partial charge on any atom is 0.289 e. The molecule has 1 saturated heterocycles. The van der Waals surface area contributed by atoms with Crippen LogP contribution < -0.4 is 9.64 Å². The van der Waals surface area contributed by atoms with Gasteiger partial charge in [-0.2, -0.15) is 5.10 Å². The number of benzene rings is 1. The van der Waals surface area contributed by atoms with Crippen molar-refractivity contribution in [3.05, 3.63) is 66.4 Å². The lowest BCUT2D eigenvalue weighted by molar-refractivity contribution is 0.0639. The summed E-state index contributed by atoms with van der Waals surface area (Å²) in [5.41, 5.74) is 1.14. The van der Waals surface area contributed by atoms with E-state index < -0.39 is 0 Å². The van der Waals surface area contributed by atoms with Crippen molar-refractivity contribution in [1.82, 2.24) is 14.7 Å². The van der Waals surface area contributed by atoms with E-state index in [4.69, 9.17) is 9.15 Å². The summed E-state index contributed by atoms with van der Waals surface area (Å²) in [5, 5.41) is 4.16. The molecule has 7 nitrogen and oxygen atoms in total. The minimum Gasteiger partial charge on any atom is -0.497 e. The lowest BCUT2D eigenvalue weighted by Crippen LogP contribution is -2.54. The molecule has 1 fully saturated rings. The van der Waals surface area contributed by atoms with Gasteiger partial charge in [-0.25, -0.2) is 0 Å². The highest BCUT2D eigenvalue weighted by Gasteiger charge is 2.29. The van der Waals surface area contributed by atoms with Crippen molar-refractivity contribution in [2.75, 3.05) is 31.6 Å². The Hall–Kier alpha value is -3.22. The van der Waals surface area contributed by atoms with Crippen molar-refractivity contribution in [3.8, 4) is 5.75 Å². The van der Waals surface area contributed by atoms with E-state index in [9.17, 15) is 4.79 Å². The van der Waals surface area contributed by atoms with Crippen LogP contribution in [0.4, 0.5) is 5.69 Å². The summed E-state index contributed by atoms with van der Waals surface area (Å²) in [6, 6.07) is 13.6. The van der Waals surface area contributed by atoms with Gasteiger partial charge in [-0.15, -0.1) is 0 Å². The van der Waals surface area contributed by atoms with Crippen LogP contribution in [-0.2, 0) is 6.54 Å². The molecule has 1 amide bonds. The molecule has 1 aliphatic heterocycles. The predicted octanol–water partition coefficient (Wildman–Crippen LogP) is 2.88. The first-order chi connectivity index (χ1) is 13.6. The number of hydrogen-bond donors (Lipinski definition) is 0. The van der Waals surface area contributed by atoms with Crippen LogP contribution in [0.2, 0.25) is 0 Å². The maximum absolute atomic E-state index is 12.9. The van der Waals surface area contributed by atoms with Crippen LogP contribution >= 0.6 is 0 Å². The zero-order valence-corrected chi connectivity index (χ0v) is 16.1. The average molecular weight is 380 g/mol. The molecule has 2 aromatic heterocycles. The molecular formula is C21H24N4O3. The zero-order chi connectivity index (χ0) is 19.5. The van der Waals surface area contributed by atoms with Gasteiger partial charge in [-0.3, -0.25) is 9.48 Å². The summed E-state index contributed by atoms with van der Waals surface area (Å²) in [7, 11) is 1.66. The molecule has 7 heteroatoms. The molecule has 3 aromatic rings. The van der Waals surface area contributed by atoms with Crippen molar-refractivity contribution >= 4 is 11.6 Å². The normalized spacial score (nSPS) is 17.0. The first-order valence-electron chi connectivity index (χ1n) is 9.40. The van der Waals surface area contributed by atoms with Gasteiger partial charge in [0.25, 0.3) is 5.91 Å². The standard InChI is InChI=1S/C21H24N4O3/c1-16-14-23(17-4-6-18(27-2)7-5-17)12-13-25(16)21(26)20-9-8-19(28-20)15-24-11-3-10-22-24/h3-11,16H,12-15H2,1-2H3. The zero-order valence-electron chi connectivity index (χ0n) is 16.1. The van der Waals surface area contributed by atoms with Gasteiger partial charge < -0.3 is 19.0 Å². The van der Waals surface area contributed by atoms with Crippen molar-refractivity contribution in [2.24, 2.45) is 0 Å². The van der Waals surface area contributed by atoms with E-state index in [0.717, 1.165) is 30.3 Å². The summed E-state index contributed by atoms with van der Waals surface area (Å²) in [6.07, 6.45) is 3.59. The molecule has 0 spiro atoms. The minimum atomic E-state index is -0.0615. The Balaban J connectivity index is 1.40. The van der Waals surface area contributed by atoms with E-state index in [0.29, 0.717) is 18.8 Å². The molecule has 146 valence electrons. The Bertz CT molecular complexity index is 918. The molecule has 0 bridgehead atoms. The van der Waals surface area contributed by atoms with Crippen molar-refractivity contribution in [1.29, 1.82) is 0 Å². The Labute approximate surface area is 164 Å². The topological polar surface area (TPSA) is 63.7 Å². The molecule has 4 rings (SSSR count). The number of ether oxygens (including phenoxy) is 1. The Morgan fingerprint density at radius 3 is 2.71 bits per heavy atom. The van der Waals surface area contributed by atoms with Gasteiger partial charge in [0.1, 0.15) is 11.5 Å².